The van der Waals surface area contributed by atoms with E-state index in [9.17, 15) is 14.4 Å². The molecule has 15 heavy (non-hydrogen) atoms. The molecular weight excluding hydrogens is 365 g/mol. The smallest absolute Gasteiger partial charge is 0.242 e. The van der Waals surface area contributed by atoms with Crippen molar-refractivity contribution in [3.8, 4) is 0 Å². The molecule has 0 rings (SSSR count). The van der Waals surface area contributed by atoms with Crippen LogP contribution < -0.4 is 0 Å². The van der Waals surface area contributed by atoms with Gasteiger partial charge in [0.25, 0.3) is 0 Å². The molecule has 4 nitrogen and oxygen atoms in total. The Morgan fingerprint density at radius 3 is 1.27 bits per heavy atom. The van der Waals surface area contributed by atoms with E-state index in [0.29, 0.717) is 0 Å². The van der Waals surface area contributed by atoms with Crippen molar-refractivity contribution in [2.75, 3.05) is 0 Å². The zero-order valence-corrected chi connectivity index (χ0v) is 12.9. The molecule has 85 valence electrons. The molecule has 0 aromatic rings. The molecule has 0 saturated carbocycles. The molecule has 0 aliphatic heterocycles. The van der Waals surface area contributed by atoms with Gasteiger partial charge < -0.3 is 4.74 Å². The van der Waals surface area contributed by atoms with Crippen molar-refractivity contribution in [1.82, 2.24) is 0 Å². The van der Waals surface area contributed by atoms with E-state index in [1.807, 2.05) is 0 Å². The number of ether oxygens (including phenoxy) is 1. The molecule has 0 saturated heterocycles. The number of hydrogen-bond donors (Lipinski definition) is 0. The maximum absolute atomic E-state index is 11.3. The fourth-order valence-electron chi connectivity index (χ4n) is 1.35. The molecule has 0 aliphatic rings. The van der Waals surface area contributed by atoms with E-state index in [1.54, 1.807) is 13.8 Å². The van der Waals surface area contributed by atoms with Crippen LogP contribution in [0.3, 0.4) is 0 Å². The predicted molar refractivity (Wildman–Crippen MR) is 51.0 cm³/mol. The molecule has 0 atom stereocenters. The monoisotopic (exact) mass is 381 g/mol. The molecule has 5 heteroatoms. The Kier molecular flexibility index (Phi) is 7.22. The summed E-state index contributed by atoms with van der Waals surface area (Å²) in [5.74, 6) is -1.69. The number of hydrogen-bond acceptors (Lipinski definition) is 4. The third-order valence-electron chi connectivity index (χ3n) is 1.90. The second-order valence-corrected chi connectivity index (χ2v) is 3.52. The molecule has 0 aromatic heterocycles. The average Bonchev–Trinajstić information content (AvgIpc) is 1.97. The van der Waals surface area contributed by atoms with Gasteiger partial charge in [0.2, 0.25) is 5.60 Å². The number of carbonyl (C=O) groups excluding carboxylic acids is 3. The Labute approximate surface area is 105 Å². The third-order valence-corrected chi connectivity index (χ3v) is 1.90. The van der Waals surface area contributed by atoms with Gasteiger partial charge in [-0.1, -0.05) is 0 Å². The standard InChI is InChI=1S/C10H16O4.Ta/c1-6(2)14-10(7(3)11,8(4)12)9(5)13;/h6H,1-5H3;. The first-order valence-electron chi connectivity index (χ1n) is 4.46. The molecule has 0 fully saturated rings. The van der Waals surface area contributed by atoms with E-state index in [1.165, 1.54) is 20.8 Å². The summed E-state index contributed by atoms with van der Waals surface area (Å²) < 4.78 is 5.17. The van der Waals surface area contributed by atoms with Crippen LogP contribution in [0.4, 0.5) is 0 Å². The molecule has 0 spiro atoms. The van der Waals surface area contributed by atoms with E-state index >= 15 is 0 Å². The van der Waals surface area contributed by atoms with Gasteiger partial charge in [-0.15, -0.1) is 0 Å². The molecular formula is C10H16O4Ta. The summed E-state index contributed by atoms with van der Waals surface area (Å²) in [5.41, 5.74) is -1.89. The van der Waals surface area contributed by atoms with Gasteiger partial charge in [-0.2, -0.15) is 0 Å². The zero-order valence-electron chi connectivity index (χ0n) is 9.66. The Bertz CT molecular complexity index is 235. The van der Waals surface area contributed by atoms with Gasteiger partial charge in [0.15, 0.2) is 17.3 Å². The topological polar surface area (TPSA) is 60.4 Å². The van der Waals surface area contributed by atoms with Crippen LogP contribution in [0.25, 0.3) is 0 Å². The van der Waals surface area contributed by atoms with Crippen LogP contribution in [0, 0.1) is 0 Å². The van der Waals surface area contributed by atoms with Crippen LogP contribution in [-0.2, 0) is 41.5 Å². The quantitative estimate of drug-likeness (QED) is 0.665. The molecule has 1 radical (unpaired) electrons. The Balaban J connectivity index is 0. The van der Waals surface area contributed by atoms with Crippen LogP contribution in [0.15, 0.2) is 0 Å². The van der Waals surface area contributed by atoms with Crippen molar-refractivity contribution in [2.45, 2.75) is 46.3 Å². The second-order valence-electron chi connectivity index (χ2n) is 3.52. The first-order valence-corrected chi connectivity index (χ1v) is 4.46. The van der Waals surface area contributed by atoms with Gasteiger partial charge in [-0.3, -0.25) is 14.4 Å². The third kappa shape index (κ3) is 3.65. The molecule has 0 amide bonds. The number of Topliss-reactive ketones (excluding diaryl/α,β-unsaturated/α-hetero) is 3. The molecule has 0 unspecified atom stereocenters. The van der Waals surface area contributed by atoms with Crippen LogP contribution in [0.2, 0.25) is 0 Å². The summed E-state index contributed by atoms with van der Waals surface area (Å²) >= 11 is 0. The molecule has 0 N–H and O–H groups in total. The van der Waals surface area contributed by atoms with Crippen LogP contribution >= 0.6 is 0 Å². The fraction of sp³-hybridized carbons (Fsp3) is 0.700. The van der Waals surface area contributed by atoms with E-state index in [-0.39, 0.29) is 28.5 Å². The SMILES string of the molecule is CC(=O)C(OC(C)C)(C(C)=O)C(C)=O.[Ta]. The first kappa shape index (κ1) is 17.1. The normalized spacial score (nSPS) is 10.8. The van der Waals surface area contributed by atoms with Gasteiger partial charge in [-0.05, 0) is 34.6 Å². The fourth-order valence-corrected chi connectivity index (χ4v) is 1.35. The summed E-state index contributed by atoms with van der Waals surface area (Å²) in [4.78, 5) is 34.0. The number of carbonyl (C=O) groups is 3. The van der Waals surface area contributed by atoms with E-state index < -0.39 is 23.0 Å². The minimum Gasteiger partial charge on any atom is -0.350 e. The summed E-state index contributed by atoms with van der Waals surface area (Å²) in [6.45, 7) is 6.90. The van der Waals surface area contributed by atoms with Gasteiger partial charge in [0.05, 0.1) is 6.10 Å². The Hall–Kier alpha value is -0.290. The average molecular weight is 381 g/mol. The number of rotatable bonds is 5. The van der Waals surface area contributed by atoms with Gasteiger partial charge in [-0.25, -0.2) is 0 Å². The van der Waals surface area contributed by atoms with Crippen LogP contribution in [0.1, 0.15) is 34.6 Å². The van der Waals surface area contributed by atoms with Crippen molar-refractivity contribution < 1.29 is 41.5 Å². The first-order chi connectivity index (χ1) is 6.25. The minimum atomic E-state index is -1.89. The van der Waals surface area contributed by atoms with E-state index in [0.717, 1.165) is 0 Å². The van der Waals surface area contributed by atoms with Gasteiger partial charge in [0.1, 0.15) is 0 Å². The Morgan fingerprint density at radius 2 is 1.20 bits per heavy atom. The van der Waals surface area contributed by atoms with Crippen LogP contribution in [0.5, 0.6) is 0 Å². The summed E-state index contributed by atoms with van der Waals surface area (Å²) in [6.07, 6.45) is -0.355. The van der Waals surface area contributed by atoms with Gasteiger partial charge >= 0.3 is 0 Å². The summed E-state index contributed by atoms with van der Waals surface area (Å²) in [7, 11) is 0. The molecule has 0 aliphatic carbocycles. The second kappa shape index (κ2) is 6.33. The minimum absolute atomic E-state index is 0. The zero-order chi connectivity index (χ0) is 11.5. The summed E-state index contributed by atoms with van der Waals surface area (Å²) in [6, 6.07) is 0. The maximum Gasteiger partial charge on any atom is 0.242 e. The van der Waals surface area contributed by atoms with Crippen LogP contribution in [-0.4, -0.2) is 29.1 Å². The number of ketones is 3. The maximum atomic E-state index is 11.3. The van der Waals surface area contributed by atoms with Crippen molar-refractivity contribution in [3.05, 3.63) is 0 Å². The molecule has 0 aromatic carbocycles. The summed E-state index contributed by atoms with van der Waals surface area (Å²) in [5, 5.41) is 0. The van der Waals surface area contributed by atoms with Crippen molar-refractivity contribution >= 4 is 17.3 Å². The van der Waals surface area contributed by atoms with Crippen molar-refractivity contribution in [1.29, 1.82) is 0 Å². The van der Waals surface area contributed by atoms with Crippen molar-refractivity contribution in [3.63, 3.8) is 0 Å². The van der Waals surface area contributed by atoms with Gasteiger partial charge in [0, 0.05) is 22.4 Å². The molecule has 0 bridgehead atoms. The molecule has 0 heterocycles. The predicted octanol–water partition coefficient (Wildman–Crippen LogP) is 0.915. The van der Waals surface area contributed by atoms with Crippen molar-refractivity contribution in [2.24, 2.45) is 0 Å². The largest absolute Gasteiger partial charge is 0.350 e. The Morgan fingerprint density at radius 1 is 0.933 bits per heavy atom. The van der Waals surface area contributed by atoms with E-state index in [2.05, 4.69) is 0 Å². The van der Waals surface area contributed by atoms with E-state index in [4.69, 9.17) is 4.74 Å².